The normalized spacial score (nSPS) is 13.1. The van der Waals surface area contributed by atoms with Crippen molar-refractivity contribution in [2.75, 3.05) is 4.90 Å². The van der Waals surface area contributed by atoms with Gasteiger partial charge in [-0.3, -0.25) is 9.69 Å². The average molecular weight is 506 g/mol. The van der Waals surface area contributed by atoms with E-state index in [4.69, 9.17) is 4.74 Å². The molecule has 182 valence electrons. The van der Waals surface area contributed by atoms with E-state index in [1.165, 1.54) is 5.56 Å². The average Bonchev–Trinajstić information content (AvgIpc) is 3.35. The van der Waals surface area contributed by atoms with Gasteiger partial charge in [0.25, 0.3) is 5.91 Å². The molecule has 2 heterocycles. The van der Waals surface area contributed by atoms with Gasteiger partial charge in [-0.15, -0.1) is 0 Å². The molecule has 0 saturated carbocycles. The van der Waals surface area contributed by atoms with Crippen LogP contribution in [0.1, 0.15) is 22.8 Å². The van der Waals surface area contributed by atoms with Gasteiger partial charge >= 0.3 is 5.97 Å². The van der Waals surface area contributed by atoms with Crippen LogP contribution in [-0.4, -0.2) is 27.9 Å². The van der Waals surface area contributed by atoms with Crippen molar-refractivity contribution in [2.45, 2.75) is 29.7 Å². The van der Waals surface area contributed by atoms with Gasteiger partial charge in [-0.2, -0.15) is 0 Å². The number of imidazole rings is 1. The van der Waals surface area contributed by atoms with E-state index in [2.05, 4.69) is 9.97 Å². The van der Waals surface area contributed by atoms with Crippen molar-refractivity contribution in [3.05, 3.63) is 102 Å². The summed E-state index contributed by atoms with van der Waals surface area (Å²) in [5.74, 6) is -0.149. The lowest BCUT2D eigenvalue weighted by molar-refractivity contribution is -0.125. The highest BCUT2D eigenvalue weighted by molar-refractivity contribution is 7.99. The molecular weight excluding hydrogens is 482 g/mol. The number of carbonyl (C=O) groups excluding carboxylic acids is 2. The molecule has 6 rings (SSSR count). The van der Waals surface area contributed by atoms with Crippen molar-refractivity contribution in [1.82, 2.24) is 9.97 Å². The van der Waals surface area contributed by atoms with Crippen LogP contribution in [0.2, 0.25) is 0 Å². The summed E-state index contributed by atoms with van der Waals surface area (Å²) in [6.45, 7) is 3.64. The summed E-state index contributed by atoms with van der Waals surface area (Å²) in [6.07, 6.45) is -0.989. The predicted molar refractivity (Wildman–Crippen MR) is 145 cm³/mol. The van der Waals surface area contributed by atoms with E-state index in [0.29, 0.717) is 5.56 Å². The number of benzene rings is 4. The van der Waals surface area contributed by atoms with E-state index in [1.807, 2.05) is 79.7 Å². The second-order valence-corrected chi connectivity index (χ2v) is 10.0. The highest BCUT2D eigenvalue weighted by Gasteiger charge is 2.32. The first-order chi connectivity index (χ1) is 18.0. The van der Waals surface area contributed by atoms with Crippen LogP contribution in [0.4, 0.5) is 11.4 Å². The zero-order valence-corrected chi connectivity index (χ0v) is 21.1. The Kier molecular flexibility index (Phi) is 5.77. The number of amides is 1. The minimum atomic E-state index is -0.989. The zero-order valence-electron chi connectivity index (χ0n) is 20.3. The third-order valence-corrected chi connectivity index (χ3v) is 7.46. The molecule has 5 aromatic rings. The fraction of sp³-hybridized carbons (Fsp3) is 0.100. The number of carbonyl (C=O) groups is 2. The summed E-state index contributed by atoms with van der Waals surface area (Å²) < 4.78 is 5.66. The Hall–Kier alpha value is -4.36. The molecule has 1 aliphatic rings. The maximum atomic E-state index is 13.6. The van der Waals surface area contributed by atoms with Gasteiger partial charge in [0.1, 0.15) is 5.82 Å². The largest absolute Gasteiger partial charge is 0.449 e. The smallest absolute Gasteiger partial charge is 0.338 e. The van der Waals surface area contributed by atoms with Gasteiger partial charge in [-0.05, 0) is 56.3 Å². The first-order valence-electron chi connectivity index (χ1n) is 12.0. The summed E-state index contributed by atoms with van der Waals surface area (Å²) in [5.41, 5.74) is 5.51. The highest BCUT2D eigenvalue weighted by Crippen LogP contribution is 2.48. The Morgan fingerprint density at radius 2 is 1.54 bits per heavy atom. The molecule has 1 aromatic heterocycles. The molecule has 1 aliphatic heterocycles. The number of H-pyrrole nitrogens is 1. The summed E-state index contributed by atoms with van der Waals surface area (Å²) in [5, 5.41) is 0. The molecule has 4 aromatic carbocycles. The third kappa shape index (κ3) is 4.27. The van der Waals surface area contributed by atoms with Gasteiger partial charge in [-0.25, -0.2) is 9.78 Å². The number of nitrogens with zero attached hydrogens (tertiary/aromatic N) is 2. The van der Waals surface area contributed by atoms with E-state index in [9.17, 15) is 9.59 Å². The summed E-state index contributed by atoms with van der Waals surface area (Å²) in [4.78, 5) is 38.2. The van der Waals surface area contributed by atoms with Crippen molar-refractivity contribution in [2.24, 2.45) is 0 Å². The number of hydrogen-bond acceptors (Lipinski definition) is 5. The SMILES string of the molecule is Cc1ccc(-c2nc3ccc(C(=O)OC(C)C(=O)N4c5ccccc5Sc5ccccc54)cc3[nH]2)cc1. The van der Waals surface area contributed by atoms with Gasteiger partial charge in [0, 0.05) is 15.4 Å². The molecule has 0 spiro atoms. The zero-order chi connectivity index (χ0) is 25.5. The van der Waals surface area contributed by atoms with E-state index in [1.54, 1.807) is 41.8 Å². The van der Waals surface area contributed by atoms with Crippen molar-refractivity contribution in [3.8, 4) is 11.4 Å². The van der Waals surface area contributed by atoms with E-state index < -0.39 is 12.1 Å². The second-order valence-electron chi connectivity index (χ2n) is 8.94. The Bertz CT molecular complexity index is 1610. The van der Waals surface area contributed by atoms with Gasteiger partial charge in [-0.1, -0.05) is 65.9 Å². The summed E-state index contributed by atoms with van der Waals surface area (Å²) in [7, 11) is 0. The minimum absolute atomic E-state index is 0.308. The van der Waals surface area contributed by atoms with Crippen LogP contribution in [-0.2, 0) is 9.53 Å². The topological polar surface area (TPSA) is 75.3 Å². The van der Waals surface area contributed by atoms with Crippen molar-refractivity contribution < 1.29 is 14.3 Å². The fourth-order valence-electron chi connectivity index (χ4n) is 4.39. The Morgan fingerprint density at radius 3 is 2.22 bits per heavy atom. The first kappa shape index (κ1) is 23.1. The highest BCUT2D eigenvalue weighted by atomic mass is 32.2. The number of hydrogen-bond donors (Lipinski definition) is 1. The number of rotatable bonds is 4. The van der Waals surface area contributed by atoms with Crippen molar-refractivity contribution in [1.29, 1.82) is 0 Å². The number of fused-ring (bicyclic) bond motifs is 3. The van der Waals surface area contributed by atoms with Gasteiger partial charge < -0.3 is 9.72 Å². The first-order valence-corrected chi connectivity index (χ1v) is 12.8. The van der Waals surface area contributed by atoms with Crippen LogP contribution in [0.5, 0.6) is 0 Å². The van der Waals surface area contributed by atoms with Crippen LogP contribution in [0, 0.1) is 6.92 Å². The molecule has 1 amide bonds. The molecule has 7 heteroatoms. The maximum Gasteiger partial charge on any atom is 0.338 e. The van der Waals surface area contributed by atoms with E-state index in [-0.39, 0.29) is 5.91 Å². The predicted octanol–water partition coefficient (Wildman–Crippen LogP) is 6.91. The number of esters is 1. The lowest BCUT2D eigenvalue weighted by atomic mass is 10.1. The van der Waals surface area contributed by atoms with Crippen molar-refractivity contribution >= 4 is 46.0 Å². The molecule has 0 bridgehead atoms. The molecule has 0 fully saturated rings. The lowest BCUT2D eigenvalue weighted by Gasteiger charge is -2.32. The van der Waals surface area contributed by atoms with Gasteiger partial charge in [0.15, 0.2) is 6.10 Å². The number of aryl methyl sites for hydroxylation is 1. The van der Waals surface area contributed by atoms with Crippen LogP contribution in [0.25, 0.3) is 22.4 Å². The Morgan fingerprint density at radius 1 is 0.892 bits per heavy atom. The number of aromatic nitrogens is 2. The number of nitrogens with one attached hydrogen (secondary N) is 1. The Balaban J connectivity index is 1.24. The van der Waals surface area contributed by atoms with Crippen LogP contribution < -0.4 is 4.90 Å². The molecular formula is C30H23N3O3S. The quantitative estimate of drug-likeness (QED) is 0.269. The van der Waals surface area contributed by atoms with E-state index in [0.717, 1.165) is 43.6 Å². The van der Waals surface area contributed by atoms with Gasteiger partial charge in [0.05, 0.1) is 28.0 Å². The fourth-order valence-corrected chi connectivity index (χ4v) is 5.45. The van der Waals surface area contributed by atoms with Crippen LogP contribution >= 0.6 is 11.8 Å². The monoisotopic (exact) mass is 505 g/mol. The molecule has 1 unspecified atom stereocenters. The van der Waals surface area contributed by atoms with Gasteiger partial charge in [0.2, 0.25) is 0 Å². The number of aromatic amines is 1. The summed E-state index contributed by atoms with van der Waals surface area (Å²) in [6, 6.07) is 28.7. The third-order valence-electron chi connectivity index (χ3n) is 6.33. The lowest BCUT2D eigenvalue weighted by Crippen LogP contribution is -2.38. The molecule has 1 atom stereocenters. The minimum Gasteiger partial charge on any atom is -0.449 e. The number of para-hydroxylation sites is 2. The van der Waals surface area contributed by atoms with Crippen LogP contribution in [0.3, 0.4) is 0 Å². The van der Waals surface area contributed by atoms with Crippen molar-refractivity contribution in [3.63, 3.8) is 0 Å². The maximum absolute atomic E-state index is 13.6. The molecule has 0 radical (unpaired) electrons. The molecule has 0 aliphatic carbocycles. The van der Waals surface area contributed by atoms with Crippen LogP contribution in [0.15, 0.2) is 101 Å². The standard InChI is InChI=1S/C30H23N3O3S/c1-18-11-13-20(14-12-18)28-31-22-16-15-21(17-23(22)32-28)30(35)36-19(2)29(34)33-24-7-3-5-9-26(24)37-27-10-6-4-8-25(27)33/h3-17,19H,1-2H3,(H,31,32). The summed E-state index contributed by atoms with van der Waals surface area (Å²) >= 11 is 1.62. The molecule has 0 saturated heterocycles. The molecule has 6 nitrogen and oxygen atoms in total. The molecule has 37 heavy (non-hydrogen) atoms. The number of anilines is 2. The second kappa shape index (κ2) is 9.26. The molecule has 1 N–H and O–H groups in total. The Labute approximate surface area is 218 Å². The van der Waals surface area contributed by atoms with E-state index >= 15 is 0 Å². The number of ether oxygens (including phenoxy) is 1.